The highest BCUT2D eigenvalue weighted by Crippen LogP contribution is 2.05. The van der Waals surface area contributed by atoms with Crippen LogP contribution in [0, 0.1) is 0 Å². The van der Waals surface area contributed by atoms with Crippen molar-refractivity contribution in [3.8, 4) is 0 Å². The third-order valence-electron chi connectivity index (χ3n) is 5.80. The van der Waals surface area contributed by atoms with Crippen molar-refractivity contribution in [1.82, 2.24) is 26.6 Å². The average molecular weight is 636 g/mol. The van der Waals surface area contributed by atoms with Crippen molar-refractivity contribution in [1.29, 1.82) is 0 Å². The van der Waals surface area contributed by atoms with Gasteiger partial charge in [0.25, 0.3) is 0 Å². The summed E-state index contributed by atoms with van der Waals surface area (Å²) in [6.07, 6.45) is 0.362. The smallest absolute Gasteiger partial charge is 0.326 e. The van der Waals surface area contributed by atoms with Gasteiger partial charge in [-0.2, -0.15) is 11.8 Å². The fourth-order valence-corrected chi connectivity index (χ4v) is 3.77. The first-order valence-corrected chi connectivity index (χ1v) is 14.5. The Morgan fingerprint density at radius 3 is 1.63 bits per heavy atom. The van der Waals surface area contributed by atoms with Gasteiger partial charge in [0.15, 0.2) is 0 Å². The molecule has 18 nitrogen and oxygen atoms in total. The summed E-state index contributed by atoms with van der Waals surface area (Å²) in [7, 11) is 0. The fourth-order valence-electron chi connectivity index (χ4n) is 3.30. The van der Waals surface area contributed by atoms with E-state index in [1.54, 1.807) is 6.26 Å². The van der Waals surface area contributed by atoms with Crippen molar-refractivity contribution in [2.24, 2.45) is 11.5 Å². The van der Waals surface area contributed by atoms with E-state index in [1.807, 2.05) is 0 Å². The number of rotatable bonds is 21. The van der Waals surface area contributed by atoms with Gasteiger partial charge >= 0.3 is 11.9 Å². The van der Waals surface area contributed by atoms with E-state index in [9.17, 15) is 48.6 Å². The molecule has 19 heteroatoms. The van der Waals surface area contributed by atoms with Crippen LogP contribution in [0.3, 0.4) is 0 Å². The van der Waals surface area contributed by atoms with Gasteiger partial charge in [-0.15, -0.1) is 0 Å². The van der Waals surface area contributed by atoms with Crippen molar-refractivity contribution >= 4 is 59.1 Å². The van der Waals surface area contributed by atoms with E-state index in [-0.39, 0.29) is 25.7 Å². The number of nitrogens with one attached hydrogen (secondary N) is 5. The van der Waals surface area contributed by atoms with Crippen LogP contribution in [-0.2, 0) is 38.4 Å². The van der Waals surface area contributed by atoms with Crippen molar-refractivity contribution < 1.29 is 53.7 Å². The Hall–Kier alpha value is -3.97. The largest absolute Gasteiger partial charge is 0.481 e. The lowest BCUT2D eigenvalue weighted by atomic mass is 10.1. The first-order valence-electron chi connectivity index (χ1n) is 13.1. The third-order valence-corrected chi connectivity index (χ3v) is 6.44. The Morgan fingerprint density at radius 1 is 0.674 bits per heavy atom. The van der Waals surface area contributed by atoms with E-state index < -0.39 is 96.7 Å². The van der Waals surface area contributed by atoms with Gasteiger partial charge in [-0.3, -0.25) is 33.6 Å². The third kappa shape index (κ3) is 15.7. The van der Waals surface area contributed by atoms with Gasteiger partial charge in [0.1, 0.15) is 30.2 Å². The number of thioether (sulfide) groups is 1. The minimum Gasteiger partial charge on any atom is -0.481 e. The van der Waals surface area contributed by atoms with Gasteiger partial charge in [-0.25, -0.2) is 4.79 Å². The van der Waals surface area contributed by atoms with Crippen LogP contribution in [0.25, 0.3) is 0 Å². The van der Waals surface area contributed by atoms with Crippen molar-refractivity contribution in [3.63, 3.8) is 0 Å². The quantitative estimate of drug-likeness (QED) is 0.0572. The number of aliphatic hydroxyl groups is 1. The molecule has 0 fully saturated rings. The Morgan fingerprint density at radius 2 is 1.14 bits per heavy atom. The molecule has 0 aliphatic rings. The molecule has 0 saturated heterocycles. The lowest BCUT2D eigenvalue weighted by Gasteiger charge is -2.25. The maximum Gasteiger partial charge on any atom is 0.326 e. The predicted octanol–water partition coefficient (Wildman–Crippen LogP) is -4.26. The summed E-state index contributed by atoms with van der Waals surface area (Å²) in [5, 5.41) is 39.3. The van der Waals surface area contributed by atoms with Crippen molar-refractivity contribution in [2.75, 3.05) is 18.6 Å². The van der Waals surface area contributed by atoms with Gasteiger partial charge in [0, 0.05) is 12.8 Å². The topological polar surface area (TPSA) is 309 Å². The molecular formula is C24H41N7O11S. The van der Waals surface area contributed by atoms with Gasteiger partial charge < -0.3 is 53.4 Å². The molecule has 0 rings (SSSR count). The lowest BCUT2D eigenvalue weighted by Crippen LogP contribution is -2.59. The van der Waals surface area contributed by atoms with Crippen molar-refractivity contribution in [2.45, 2.75) is 82.2 Å². The Kier molecular flexibility index (Phi) is 18.2. The Balaban J connectivity index is 5.51. The minimum atomic E-state index is -1.61. The molecule has 43 heavy (non-hydrogen) atoms. The van der Waals surface area contributed by atoms with Crippen LogP contribution < -0.4 is 38.1 Å². The van der Waals surface area contributed by atoms with Crippen LogP contribution in [0.5, 0.6) is 0 Å². The summed E-state index contributed by atoms with van der Waals surface area (Å²) in [5.41, 5.74) is 10.5. The lowest BCUT2D eigenvalue weighted by molar-refractivity contribution is -0.143. The summed E-state index contributed by atoms with van der Waals surface area (Å²) in [6, 6.07) is -7.98. The highest BCUT2D eigenvalue weighted by Gasteiger charge is 2.31. The molecule has 0 aromatic carbocycles. The normalized spacial score (nSPS) is 14.9. The molecule has 0 aliphatic carbocycles. The molecule has 12 N–H and O–H groups in total. The van der Waals surface area contributed by atoms with E-state index in [1.165, 1.54) is 25.6 Å². The number of aliphatic hydroxyl groups excluding tert-OH is 1. The molecular weight excluding hydrogens is 594 g/mol. The molecule has 0 radical (unpaired) electrons. The number of carboxylic acid groups (broad SMARTS) is 2. The fraction of sp³-hybridized carbons (Fsp3) is 0.667. The molecule has 0 aromatic rings. The molecule has 0 bridgehead atoms. The first kappa shape index (κ1) is 39.0. The number of carbonyl (C=O) groups excluding carboxylic acids is 6. The maximum absolute atomic E-state index is 13.0. The van der Waals surface area contributed by atoms with Gasteiger partial charge in [-0.05, 0) is 45.1 Å². The maximum atomic E-state index is 13.0. The van der Waals surface area contributed by atoms with Crippen molar-refractivity contribution in [3.05, 3.63) is 0 Å². The van der Waals surface area contributed by atoms with Crippen LogP contribution in [-0.4, -0.2) is 118 Å². The number of primary amides is 1. The highest BCUT2D eigenvalue weighted by atomic mass is 32.2. The molecule has 244 valence electrons. The molecule has 6 amide bonds. The van der Waals surface area contributed by atoms with E-state index in [4.69, 9.17) is 16.6 Å². The minimum absolute atomic E-state index is 0.0568. The summed E-state index contributed by atoms with van der Waals surface area (Å²) < 4.78 is 0. The molecule has 0 unspecified atom stereocenters. The number of amides is 6. The van der Waals surface area contributed by atoms with Crippen LogP contribution in [0.2, 0.25) is 0 Å². The summed E-state index contributed by atoms with van der Waals surface area (Å²) >= 11 is 1.33. The predicted molar refractivity (Wildman–Crippen MR) is 152 cm³/mol. The Labute approximate surface area is 251 Å². The molecule has 0 aromatic heterocycles. The second kappa shape index (κ2) is 20.0. The van der Waals surface area contributed by atoms with Gasteiger partial charge in [0.2, 0.25) is 35.4 Å². The average Bonchev–Trinajstić information content (AvgIpc) is 2.92. The van der Waals surface area contributed by atoms with Gasteiger partial charge in [0.05, 0.1) is 12.6 Å². The monoisotopic (exact) mass is 635 g/mol. The SMILES string of the molecule is CSCC[C@H](NC(=O)[C@H](C)NC(=O)[C@H](CCC(=O)O)NC(=O)[C@H](C)N)C(=O)N[C@@H](CO)C(=O)N[C@@H](CCC(N)=O)C(=O)O. The summed E-state index contributed by atoms with van der Waals surface area (Å²) in [4.78, 5) is 96.5. The highest BCUT2D eigenvalue weighted by molar-refractivity contribution is 7.98. The van der Waals surface area contributed by atoms with Gasteiger partial charge in [-0.1, -0.05) is 0 Å². The molecule has 0 aliphatic heterocycles. The molecule has 0 saturated carbocycles. The zero-order valence-electron chi connectivity index (χ0n) is 24.1. The molecule has 0 spiro atoms. The van der Waals surface area contributed by atoms with Crippen LogP contribution >= 0.6 is 11.8 Å². The van der Waals surface area contributed by atoms with E-state index in [2.05, 4.69) is 26.6 Å². The second-order valence-corrected chi connectivity index (χ2v) is 10.5. The molecule has 6 atom stereocenters. The second-order valence-electron chi connectivity index (χ2n) is 9.50. The first-order chi connectivity index (χ1) is 20.0. The summed E-state index contributed by atoms with van der Waals surface area (Å²) in [6.45, 7) is 1.71. The molecule has 0 heterocycles. The number of aliphatic carboxylic acids is 2. The standard InChI is InChI=1S/C24H41N7O11S/c1-11(25)19(36)28-13(5-7-18(34)35)21(38)27-12(2)20(37)29-14(8-9-43-3)22(39)31-16(10-32)23(40)30-15(24(41)42)4-6-17(26)33/h11-16,32H,4-10,25H2,1-3H3,(H2,26,33)(H,27,38)(H,28,36)(H,29,37)(H,30,40)(H,31,39)(H,34,35)(H,41,42)/t11-,12-,13-,14-,15-,16-/m0/s1. The van der Waals surface area contributed by atoms with E-state index in [0.29, 0.717) is 5.75 Å². The number of carbonyl (C=O) groups is 8. The van der Waals surface area contributed by atoms with Crippen LogP contribution in [0.1, 0.15) is 46.0 Å². The number of nitrogens with two attached hydrogens (primary N) is 2. The number of hydrogen-bond donors (Lipinski definition) is 10. The van der Waals surface area contributed by atoms with Crippen LogP contribution in [0.15, 0.2) is 0 Å². The number of carboxylic acids is 2. The number of hydrogen-bond acceptors (Lipinski definition) is 11. The zero-order valence-corrected chi connectivity index (χ0v) is 24.9. The van der Waals surface area contributed by atoms with E-state index >= 15 is 0 Å². The van der Waals surface area contributed by atoms with E-state index in [0.717, 1.165) is 0 Å². The summed E-state index contributed by atoms with van der Waals surface area (Å²) in [5.74, 6) is -7.52. The zero-order chi connectivity index (χ0) is 33.3. The van der Waals surface area contributed by atoms with Crippen LogP contribution in [0.4, 0.5) is 0 Å². The Bertz CT molecular complexity index is 1030.